The first-order chi connectivity index (χ1) is 15.4. The van der Waals surface area contributed by atoms with Gasteiger partial charge in [-0.15, -0.1) is 0 Å². The maximum atomic E-state index is 13.1. The number of aromatic hydroxyl groups is 2. The number of esters is 1. The minimum atomic E-state index is -1.64. The molecule has 1 heterocycles. The Kier molecular flexibility index (Phi) is 5.57. The van der Waals surface area contributed by atoms with E-state index in [1.54, 1.807) is 26.0 Å². The van der Waals surface area contributed by atoms with Crippen molar-refractivity contribution in [1.82, 2.24) is 0 Å². The number of hydrogen-bond donors (Lipinski definition) is 3. The van der Waals surface area contributed by atoms with Gasteiger partial charge in [-0.25, -0.2) is 9.59 Å². The van der Waals surface area contributed by atoms with Crippen molar-refractivity contribution in [3.63, 3.8) is 0 Å². The summed E-state index contributed by atoms with van der Waals surface area (Å²) in [6.45, 7) is 7.16. The number of rotatable bonds is 3. The first-order valence-electron chi connectivity index (χ1n) is 10.0. The van der Waals surface area contributed by atoms with Crippen molar-refractivity contribution in [3.05, 3.63) is 89.3 Å². The Morgan fingerprint density at radius 1 is 0.848 bits per heavy atom. The summed E-state index contributed by atoms with van der Waals surface area (Å²) in [7, 11) is 0. The quantitative estimate of drug-likeness (QED) is 0.330. The molecule has 0 aliphatic carbocycles. The molecule has 3 aromatic rings. The van der Waals surface area contributed by atoms with Gasteiger partial charge in [0.2, 0.25) is 0 Å². The average Bonchev–Trinajstić information content (AvgIpc) is 3.08. The van der Waals surface area contributed by atoms with Gasteiger partial charge in [-0.1, -0.05) is 0 Å². The zero-order valence-electron chi connectivity index (χ0n) is 18.2. The molecule has 170 valence electrons. The van der Waals surface area contributed by atoms with Crippen LogP contribution >= 0.6 is 31.9 Å². The number of carboxylic acids is 1. The topological polar surface area (TPSA) is 104 Å². The second-order valence-corrected chi connectivity index (χ2v) is 9.78. The molecule has 0 fully saturated rings. The third-order valence-electron chi connectivity index (χ3n) is 6.37. The van der Waals surface area contributed by atoms with Crippen LogP contribution in [0.15, 0.2) is 39.3 Å². The standard InChI is InChI=1S/C25H20Br2O6/c1-10-7-17(19(26)21(28)12(10)3)25(18-8-11(2)13(4)22(29)20(18)27)16-9-14(23(30)31)5-6-15(16)24(32)33-25/h5-9,28-29H,1-4H3,(H,30,31). The van der Waals surface area contributed by atoms with E-state index >= 15 is 0 Å². The summed E-state index contributed by atoms with van der Waals surface area (Å²) in [5.74, 6) is -1.84. The van der Waals surface area contributed by atoms with E-state index < -0.39 is 17.5 Å². The van der Waals surface area contributed by atoms with E-state index in [-0.39, 0.29) is 22.6 Å². The zero-order chi connectivity index (χ0) is 24.4. The lowest BCUT2D eigenvalue weighted by Crippen LogP contribution is -2.31. The van der Waals surface area contributed by atoms with Gasteiger partial charge in [0, 0.05) is 16.7 Å². The molecule has 0 bridgehead atoms. The molecule has 1 aliphatic heterocycles. The Morgan fingerprint density at radius 2 is 1.33 bits per heavy atom. The van der Waals surface area contributed by atoms with E-state index in [0.29, 0.717) is 36.8 Å². The summed E-state index contributed by atoms with van der Waals surface area (Å²) in [6, 6.07) is 7.74. The van der Waals surface area contributed by atoms with Crippen LogP contribution in [0.4, 0.5) is 0 Å². The predicted molar refractivity (Wildman–Crippen MR) is 129 cm³/mol. The Bertz CT molecular complexity index is 1310. The minimum absolute atomic E-state index is 0.0209. The number of carbonyl (C=O) groups excluding carboxylic acids is 1. The first kappa shape index (κ1) is 23.3. The van der Waals surface area contributed by atoms with Crippen LogP contribution in [-0.2, 0) is 10.3 Å². The van der Waals surface area contributed by atoms with Crippen molar-refractivity contribution in [3.8, 4) is 11.5 Å². The molecule has 4 rings (SSSR count). The van der Waals surface area contributed by atoms with E-state index in [1.165, 1.54) is 18.2 Å². The van der Waals surface area contributed by atoms with Crippen molar-refractivity contribution < 1.29 is 29.6 Å². The van der Waals surface area contributed by atoms with Crippen molar-refractivity contribution in [2.75, 3.05) is 0 Å². The van der Waals surface area contributed by atoms with E-state index in [0.717, 1.165) is 11.1 Å². The maximum Gasteiger partial charge on any atom is 0.340 e. The molecule has 0 saturated heterocycles. The number of cyclic esters (lactones) is 1. The number of hydrogen-bond acceptors (Lipinski definition) is 5. The summed E-state index contributed by atoms with van der Waals surface area (Å²) in [5.41, 5.74) is 2.43. The highest BCUT2D eigenvalue weighted by Gasteiger charge is 2.52. The van der Waals surface area contributed by atoms with Gasteiger partial charge in [-0.3, -0.25) is 0 Å². The lowest BCUT2D eigenvalue weighted by molar-refractivity contribution is 0.0245. The van der Waals surface area contributed by atoms with E-state index in [1.807, 2.05) is 13.8 Å². The van der Waals surface area contributed by atoms with Crippen LogP contribution in [0.2, 0.25) is 0 Å². The molecule has 0 radical (unpaired) electrons. The van der Waals surface area contributed by atoms with E-state index in [4.69, 9.17) is 4.74 Å². The maximum absolute atomic E-state index is 13.1. The first-order valence-corrected chi connectivity index (χ1v) is 11.6. The molecule has 6 nitrogen and oxygen atoms in total. The van der Waals surface area contributed by atoms with Gasteiger partial charge in [0.05, 0.1) is 20.1 Å². The van der Waals surface area contributed by atoms with Crippen LogP contribution in [0, 0.1) is 27.7 Å². The monoisotopic (exact) mass is 574 g/mol. The van der Waals surface area contributed by atoms with E-state index in [2.05, 4.69) is 31.9 Å². The number of halogens is 2. The SMILES string of the molecule is Cc1cc(C2(c3cc(C)c(C)c(O)c3Br)OC(=O)c3ccc(C(=O)O)cc32)c(Br)c(O)c1C. The smallest absolute Gasteiger partial charge is 0.340 e. The second-order valence-electron chi connectivity index (χ2n) is 8.19. The van der Waals surface area contributed by atoms with Gasteiger partial charge in [0.15, 0.2) is 5.60 Å². The number of aryl methyl sites for hydroxylation is 2. The fourth-order valence-corrected chi connectivity index (χ4v) is 5.57. The molecule has 0 saturated carbocycles. The number of carboxylic acid groups (broad SMARTS) is 1. The van der Waals surface area contributed by atoms with Gasteiger partial charge >= 0.3 is 11.9 Å². The van der Waals surface area contributed by atoms with Crippen LogP contribution in [0.25, 0.3) is 0 Å². The number of aromatic carboxylic acids is 1. The molecule has 8 heteroatoms. The fourth-order valence-electron chi connectivity index (χ4n) is 4.19. The molecule has 0 unspecified atom stereocenters. The lowest BCUT2D eigenvalue weighted by Gasteiger charge is -2.33. The number of phenols is 2. The molecule has 3 N–H and O–H groups in total. The molecular formula is C25H20Br2O6. The molecule has 0 amide bonds. The molecule has 1 aliphatic rings. The van der Waals surface area contributed by atoms with Crippen LogP contribution in [-0.4, -0.2) is 27.3 Å². The van der Waals surface area contributed by atoms with Crippen molar-refractivity contribution in [2.24, 2.45) is 0 Å². The van der Waals surface area contributed by atoms with Crippen molar-refractivity contribution in [2.45, 2.75) is 33.3 Å². The fraction of sp³-hybridized carbons (Fsp3) is 0.200. The van der Waals surface area contributed by atoms with Gasteiger partial charge in [-0.2, -0.15) is 0 Å². The van der Waals surface area contributed by atoms with Crippen LogP contribution in [0.5, 0.6) is 11.5 Å². The summed E-state index contributed by atoms with van der Waals surface area (Å²) < 4.78 is 6.68. The molecule has 0 aromatic heterocycles. The number of fused-ring (bicyclic) bond motifs is 1. The van der Waals surface area contributed by atoms with Crippen molar-refractivity contribution >= 4 is 43.8 Å². The summed E-state index contributed by atoms with van der Waals surface area (Å²) in [4.78, 5) is 24.9. The van der Waals surface area contributed by atoms with Crippen LogP contribution in [0.1, 0.15) is 59.7 Å². The third-order valence-corrected chi connectivity index (χ3v) is 7.98. The number of ether oxygens (including phenoxy) is 1. The highest BCUT2D eigenvalue weighted by atomic mass is 79.9. The molecule has 0 spiro atoms. The molecular weight excluding hydrogens is 556 g/mol. The number of carbonyl (C=O) groups is 2. The molecule has 33 heavy (non-hydrogen) atoms. The van der Waals surface area contributed by atoms with Crippen LogP contribution < -0.4 is 0 Å². The summed E-state index contributed by atoms with van der Waals surface area (Å²) >= 11 is 6.94. The largest absolute Gasteiger partial charge is 0.506 e. The Labute approximate surface area is 207 Å². The van der Waals surface area contributed by atoms with Gasteiger partial charge in [0.1, 0.15) is 11.5 Å². The van der Waals surface area contributed by atoms with Gasteiger partial charge < -0.3 is 20.1 Å². The van der Waals surface area contributed by atoms with Crippen molar-refractivity contribution in [1.29, 1.82) is 0 Å². The third kappa shape index (κ3) is 3.27. The number of phenolic OH excluding ortho intramolecular Hbond substituents is 2. The summed E-state index contributed by atoms with van der Waals surface area (Å²) in [5, 5.41) is 31.3. The number of benzene rings is 3. The highest BCUT2D eigenvalue weighted by Crippen LogP contribution is 2.54. The summed E-state index contributed by atoms with van der Waals surface area (Å²) in [6.07, 6.45) is 0. The Hall–Kier alpha value is -2.84. The predicted octanol–water partition coefficient (Wildman–Crippen LogP) is 6.02. The molecule has 3 aromatic carbocycles. The second kappa shape index (κ2) is 7.88. The normalized spacial score (nSPS) is 14.2. The van der Waals surface area contributed by atoms with Gasteiger partial charge in [0.25, 0.3) is 0 Å². The lowest BCUT2D eigenvalue weighted by atomic mass is 9.77. The molecule has 0 atom stereocenters. The highest BCUT2D eigenvalue weighted by molar-refractivity contribution is 9.11. The zero-order valence-corrected chi connectivity index (χ0v) is 21.4. The average molecular weight is 576 g/mol. The van der Waals surface area contributed by atoms with Gasteiger partial charge in [-0.05, 0) is 112 Å². The minimum Gasteiger partial charge on any atom is -0.506 e. The Morgan fingerprint density at radius 3 is 1.79 bits per heavy atom. The Balaban J connectivity index is 2.24. The van der Waals surface area contributed by atoms with E-state index in [9.17, 15) is 24.9 Å². The van der Waals surface area contributed by atoms with Crippen LogP contribution in [0.3, 0.4) is 0 Å².